The highest BCUT2D eigenvalue weighted by atomic mass is 16.3. The molecule has 0 unspecified atom stereocenters. The first kappa shape index (κ1) is 19.3. The van der Waals surface area contributed by atoms with Gasteiger partial charge in [-0.15, -0.1) is 0 Å². The maximum atomic E-state index is 10.9. The maximum absolute atomic E-state index is 10.9. The molecule has 2 N–H and O–H groups in total. The van der Waals surface area contributed by atoms with Crippen LogP contribution in [0.2, 0.25) is 0 Å². The van der Waals surface area contributed by atoms with Crippen molar-refractivity contribution in [1.29, 1.82) is 0 Å². The summed E-state index contributed by atoms with van der Waals surface area (Å²) in [6.07, 6.45) is 1.10. The number of phenols is 1. The van der Waals surface area contributed by atoms with Crippen molar-refractivity contribution >= 4 is 0 Å². The summed E-state index contributed by atoms with van der Waals surface area (Å²) in [6, 6.07) is 4.93. The highest BCUT2D eigenvalue weighted by molar-refractivity contribution is 5.50. The van der Waals surface area contributed by atoms with Crippen molar-refractivity contribution in [2.75, 3.05) is 26.2 Å². The molecule has 3 nitrogen and oxygen atoms in total. The molecule has 1 atom stereocenters. The predicted molar refractivity (Wildman–Crippen MR) is 103 cm³/mol. The van der Waals surface area contributed by atoms with Gasteiger partial charge in [-0.1, -0.05) is 48.5 Å². The third kappa shape index (κ3) is 4.12. The van der Waals surface area contributed by atoms with Crippen LogP contribution in [-0.4, -0.2) is 36.2 Å². The summed E-state index contributed by atoms with van der Waals surface area (Å²) in [5.41, 5.74) is 3.35. The predicted octanol–water partition coefficient (Wildman–Crippen LogP) is 4.34. The first-order valence-electron chi connectivity index (χ1n) is 9.38. The molecule has 2 rings (SSSR count). The Balaban J connectivity index is 2.56. The number of nitrogens with zero attached hydrogens (tertiary/aromatic N) is 1. The number of hydrogen-bond donors (Lipinski definition) is 2. The van der Waals surface area contributed by atoms with E-state index in [0.29, 0.717) is 11.8 Å². The van der Waals surface area contributed by atoms with Gasteiger partial charge in [0.25, 0.3) is 0 Å². The third-order valence-electron chi connectivity index (χ3n) is 5.11. The Morgan fingerprint density at radius 3 is 1.83 bits per heavy atom. The van der Waals surface area contributed by atoms with E-state index < -0.39 is 0 Å². The van der Waals surface area contributed by atoms with E-state index in [0.717, 1.165) is 43.7 Å². The average molecular weight is 333 g/mol. The first-order valence-corrected chi connectivity index (χ1v) is 9.38. The van der Waals surface area contributed by atoms with Crippen LogP contribution < -0.4 is 5.32 Å². The molecule has 1 aromatic carbocycles. The Hall–Kier alpha value is -1.06. The molecular weight excluding hydrogens is 296 g/mol. The second-order valence-electron chi connectivity index (χ2n) is 9.17. The second-order valence-corrected chi connectivity index (χ2v) is 9.17. The topological polar surface area (TPSA) is 35.5 Å². The van der Waals surface area contributed by atoms with Crippen LogP contribution in [0.3, 0.4) is 0 Å². The molecule has 24 heavy (non-hydrogen) atoms. The number of benzene rings is 1. The van der Waals surface area contributed by atoms with Gasteiger partial charge in [-0.25, -0.2) is 0 Å². The molecule has 0 amide bonds. The zero-order chi connectivity index (χ0) is 18.1. The van der Waals surface area contributed by atoms with E-state index in [1.807, 2.05) is 0 Å². The molecule has 0 aliphatic carbocycles. The fourth-order valence-electron chi connectivity index (χ4n) is 3.69. The summed E-state index contributed by atoms with van der Waals surface area (Å²) >= 11 is 0. The molecule has 1 aliphatic heterocycles. The minimum absolute atomic E-state index is 0.0676. The van der Waals surface area contributed by atoms with Crippen molar-refractivity contribution in [2.45, 2.75) is 71.8 Å². The van der Waals surface area contributed by atoms with Gasteiger partial charge in [-0.2, -0.15) is 0 Å². The summed E-state index contributed by atoms with van der Waals surface area (Å²) in [4.78, 5) is 2.59. The average Bonchev–Trinajstić information content (AvgIpc) is 2.48. The van der Waals surface area contributed by atoms with Crippen LogP contribution in [0, 0.1) is 0 Å². The molecule has 1 fully saturated rings. The summed E-state index contributed by atoms with van der Waals surface area (Å²) in [6.45, 7) is 19.7. The Kier molecular flexibility index (Phi) is 5.66. The van der Waals surface area contributed by atoms with Gasteiger partial charge in [0.05, 0.1) is 0 Å². The lowest BCUT2D eigenvalue weighted by Crippen LogP contribution is -2.45. The molecular formula is C21H36N2O. The van der Waals surface area contributed by atoms with Crippen LogP contribution in [0.1, 0.15) is 77.6 Å². The van der Waals surface area contributed by atoms with Crippen molar-refractivity contribution in [3.05, 3.63) is 28.8 Å². The lowest BCUT2D eigenvalue weighted by Gasteiger charge is -2.36. The van der Waals surface area contributed by atoms with Gasteiger partial charge < -0.3 is 10.4 Å². The Bertz CT molecular complexity index is 525. The van der Waals surface area contributed by atoms with E-state index in [1.165, 1.54) is 5.56 Å². The van der Waals surface area contributed by atoms with E-state index in [4.69, 9.17) is 0 Å². The first-order chi connectivity index (χ1) is 11.1. The van der Waals surface area contributed by atoms with Crippen molar-refractivity contribution in [3.63, 3.8) is 0 Å². The smallest absolute Gasteiger partial charge is 0.123 e. The summed E-state index contributed by atoms with van der Waals surface area (Å²) in [5.74, 6) is 0.480. The number of nitrogens with one attached hydrogen (secondary N) is 1. The van der Waals surface area contributed by atoms with Crippen molar-refractivity contribution in [2.24, 2.45) is 0 Å². The highest BCUT2D eigenvalue weighted by Gasteiger charge is 2.29. The van der Waals surface area contributed by atoms with Crippen LogP contribution in [0.5, 0.6) is 5.75 Å². The van der Waals surface area contributed by atoms with Crippen LogP contribution in [-0.2, 0) is 10.8 Å². The van der Waals surface area contributed by atoms with E-state index in [2.05, 4.69) is 70.8 Å². The minimum Gasteiger partial charge on any atom is -0.507 e. The normalized spacial score (nSPS) is 18.6. The molecule has 0 radical (unpaired) electrons. The molecule has 3 heteroatoms. The second kappa shape index (κ2) is 7.05. The molecule has 0 spiro atoms. The van der Waals surface area contributed by atoms with Crippen LogP contribution in [0.15, 0.2) is 12.1 Å². The van der Waals surface area contributed by atoms with Gasteiger partial charge in [-0.3, -0.25) is 4.90 Å². The maximum Gasteiger partial charge on any atom is 0.123 e. The zero-order valence-electron chi connectivity index (χ0n) is 16.7. The van der Waals surface area contributed by atoms with Gasteiger partial charge in [0.2, 0.25) is 0 Å². The van der Waals surface area contributed by atoms with Crippen LogP contribution in [0.4, 0.5) is 0 Å². The van der Waals surface area contributed by atoms with Gasteiger partial charge >= 0.3 is 0 Å². The highest BCUT2D eigenvalue weighted by Crippen LogP contribution is 2.42. The minimum atomic E-state index is -0.0676. The molecule has 1 saturated heterocycles. The lowest BCUT2D eigenvalue weighted by atomic mass is 9.77. The Morgan fingerprint density at radius 1 is 1.00 bits per heavy atom. The zero-order valence-corrected chi connectivity index (χ0v) is 16.7. The van der Waals surface area contributed by atoms with Gasteiger partial charge in [0.15, 0.2) is 0 Å². The van der Waals surface area contributed by atoms with Crippen molar-refractivity contribution in [3.8, 4) is 5.75 Å². The molecule has 1 aliphatic rings. The van der Waals surface area contributed by atoms with E-state index in [1.54, 1.807) is 0 Å². The number of piperazine rings is 1. The summed E-state index contributed by atoms with van der Waals surface area (Å²) < 4.78 is 0. The largest absolute Gasteiger partial charge is 0.507 e. The quantitative estimate of drug-likeness (QED) is 0.864. The SMILES string of the molecule is CC[C@H](c1cc(C(C)(C)C)c(O)c(C(C)(C)C)c1)N1CCNCC1. The molecule has 0 bridgehead atoms. The number of hydrogen-bond acceptors (Lipinski definition) is 3. The van der Waals surface area contributed by atoms with Gasteiger partial charge in [-0.05, 0) is 46.1 Å². The number of rotatable bonds is 3. The number of aromatic hydroxyl groups is 1. The van der Waals surface area contributed by atoms with Crippen LogP contribution >= 0.6 is 0 Å². The molecule has 1 heterocycles. The number of phenolic OH excluding ortho intramolecular Hbond substituents is 1. The summed E-state index contributed by atoms with van der Waals surface area (Å²) in [7, 11) is 0. The van der Waals surface area contributed by atoms with E-state index in [9.17, 15) is 5.11 Å². The fourth-order valence-corrected chi connectivity index (χ4v) is 3.69. The monoisotopic (exact) mass is 332 g/mol. The Morgan fingerprint density at radius 2 is 1.46 bits per heavy atom. The Labute approximate surface area is 148 Å². The standard InChI is InChI=1S/C21H36N2O/c1-8-18(23-11-9-22-10-12-23)15-13-16(20(2,3)4)19(24)17(14-15)21(5,6)7/h13-14,18,22,24H,8-12H2,1-7H3/t18-/m1/s1. The van der Waals surface area contributed by atoms with Gasteiger partial charge in [0.1, 0.15) is 5.75 Å². The van der Waals surface area contributed by atoms with Crippen LogP contribution in [0.25, 0.3) is 0 Å². The van der Waals surface area contributed by atoms with Crippen molar-refractivity contribution in [1.82, 2.24) is 10.2 Å². The van der Waals surface area contributed by atoms with Crippen molar-refractivity contribution < 1.29 is 5.11 Å². The lowest BCUT2D eigenvalue weighted by molar-refractivity contribution is 0.169. The molecule has 1 aromatic rings. The molecule has 136 valence electrons. The molecule has 0 aromatic heterocycles. The third-order valence-corrected chi connectivity index (χ3v) is 5.11. The molecule has 0 saturated carbocycles. The summed E-state index contributed by atoms with van der Waals surface area (Å²) in [5, 5.41) is 14.4. The van der Waals surface area contributed by atoms with Gasteiger partial charge in [0, 0.05) is 32.2 Å². The van der Waals surface area contributed by atoms with E-state index in [-0.39, 0.29) is 10.8 Å². The van der Waals surface area contributed by atoms with E-state index >= 15 is 0 Å². The fraction of sp³-hybridized carbons (Fsp3) is 0.714.